The lowest BCUT2D eigenvalue weighted by Crippen LogP contribution is -2.28. The van der Waals surface area contributed by atoms with E-state index in [0.717, 1.165) is 16.3 Å². The number of thioether (sulfide) groups is 1. The summed E-state index contributed by atoms with van der Waals surface area (Å²) in [6.07, 6.45) is 1.78. The Bertz CT molecular complexity index is 1050. The topological polar surface area (TPSA) is 59.8 Å². The molecular weight excluding hydrogens is 439 g/mol. The van der Waals surface area contributed by atoms with Crippen LogP contribution in [-0.4, -0.2) is 20.7 Å². The van der Waals surface area contributed by atoms with Gasteiger partial charge in [-0.15, -0.1) is 16.8 Å². The molecule has 1 aromatic heterocycles. The second-order valence-electron chi connectivity index (χ2n) is 6.84. The van der Waals surface area contributed by atoms with Gasteiger partial charge in [0.15, 0.2) is 11.0 Å². The van der Waals surface area contributed by atoms with Crippen molar-refractivity contribution in [1.82, 2.24) is 20.1 Å². The van der Waals surface area contributed by atoms with E-state index in [1.165, 1.54) is 11.8 Å². The van der Waals surface area contributed by atoms with Gasteiger partial charge in [0.05, 0.1) is 16.1 Å². The van der Waals surface area contributed by atoms with E-state index in [9.17, 15) is 4.79 Å². The minimum atomic E-state index is -0.314. The van der Waals surface area contributed by atoms with E-state index in [4.69, 9.17) is 23.2 Å². The van der Waals surface area contributed by atoms with Gasteiger partial charge in [-0.05, 0) is 43.7 Å². The molecule has 1 amide bonds. The number of hydrogen-bond acceptors (Lipinski definition) is 4. The number of carbonyl (C=O) groups excluding carboxylic acids is 1. The zero-order valence-electron chi connectivity index (χ0n) is 16.7. The number of rotatable bonds is 8. The monoisotopic (exact) mass is 460 g/mol. The molecule has 3 aromatic rings. The van der Waals surface area contributed by atoms with Crippen molar-refractivity contribution in [2.24, 2.45) is 0 Å². The molecule has 0 saturated carbocycles. The maximum atomic E-state index is 12.6. The number of amides is 1. The highest BCUT2D eigenvalue weighted by atomic mass is 35.5. The van der Waals surface area contributed by atoms with Crippen LogP contribution in [0.2, 0.25) is 10.0 Å². The Balaban J connectivity index is 1.73. The van der Waals surface area contributed by atoms with Crippen LogP contribution in [0.1, 0.15) is 40.3 Å². The predicted molar refractivity (Wildman–Crippen MR) is 123 cm³/mol. The third-order valence-corrected chi connectivity index (χ3v) is 6.23. The molecular formula is C22H22Cl2N4OS. The lowest BCUT2D eigenvalue weighted by Gasteiger charge is -2.15. The SMILES string of the molecule is C=CCn1c(SCc2ccc(Cl)c(Cl)c2)nnc1C(C)NC(=O)c1ccc(C)cc1. The van der Waals surface area contributed by atoms with E-state index in [2.05, 4.69) is 22.1 Å². The number of carbonyl (C=O) groups is 1. The molecule has 0 radical (unpaired) electrons. The molecule has 156 valence electrons. The zero-order chi connectivity index (χ0) is 21.7. The number of halogens is 2. The smallest absolute Gasteiger partial charge is 0.251 e. The normalized spacial score (nSPS) is 11.9. The van der Waals surface area contributed by atoms with Crippen molar-refractivity contribution in [3.05, 3.63) is 87.7 Å². The summed E-state index contributed by atoms with van der Waals surface area (Å²) in [7, 11) is 0. The minimum Gasteiger partial charge on any atom is -0.342 e. The number of allylic oxidation sites excluding steroid dienone is 1. The van der Waals surface area contributed by atoms with Gasteiger partial charge in [0.25, 0.3) is 5.91 Å². The molecule has 1 atom stereocenters. The summed E-state index contributed by atoms with van der Waals surface area (Å²) in [4.78, 5) is 12.6. The van der Waals surface area contributed by atoms with Crippen LogP contribution in [0, 0.1) is 6.92 Å². The minimum absolute atomic E-state index is 0.152. The number of aromatic nitrogens is 3. The van der Waals surface area contributed by atoms with E-state index in [-0.39, 0.29) is 11.9 Å². The van der Waals surface area contributed by atoms with E-state index < -0.39 is 0 Å². The van der Waals surface area contributed by atoms with Gasteiger partial charge in [0.2, 0.25) is 0 Å². The molecule has 5 nitrogen and oxygen atoms in total. The average molecular weight is 461 g/mol. The molecule has 8 heteroatoms. The van der Waals surface area contributed by atoms with Crippen molar-refractivity contribution in [2.75, 3.05) is 0 Å². The van der Waals surface area contributed by atoms with Gasteiger partial charge < -0.3 is 9.88 Å². The maximum Gasteiger partial charge on any atom is 0.251 e. The molecule has 1 unspecified atom stereocenters. The Hall–Kier alpha value is -2.28. The van der Waals surface area contributed by atoms with E-state index in [1.807, 2.05) is 54.8 Å². The van der Waals surface area contributed by atoms with Crippen LogP contribution in [0.4, 0.5) is 0 Å². The van der Waals surface area contributed by atoms with Gasteiger partial charge >= 0.3 is 0 Å². The largest absolute Gasteiger partial charge is 0.342 e. The highest BCUT2D eigenvalue weighted by molar-refractivity contribution is 7.98. The molecule has 0 fully saturated rings. The highest BCUT2D eigenvalue weighted by Crippen LogP contribution is 2.28. The van der Waals surface area contributed by atoms with E-state index in [1.54, 1.807) is 12.1 Å². The van der Waals surface area contributed by atoms with Crippen LogP contribution < -0.4 is 5.32 Å². The van der Waals surface area contributed by atoms with Crippen molar-refractivity contribution in [3.8, 4) is 0 Å². The van der Waals surface area contributed by atoms with Crippen molar-refractivity contribution in [2.45, 2.75) is 37.3 Å². The fourth-order valence-electron chi connectivity index (χ4n) is 2.85. The maximum absolute atomic E-state index is 12.6. The van der Waals surface area contributed by atoms with Gasteiger partial charge in [0.1, 0.15) is 0 Å². The van der Waals surface area contributed by atoms with Gasteiger partial charge in [-0.1, -0.05) is 64.8 Å². The van der Waals surface area contributed by atoms with E-state index in [0.29, 0.717) is 33.7 Å². The number of aryl methyl sites for hydroxylation is 1. The predicted octanol–water partition coefficient (Wildman–Crippen LogP) is 5.86. The fraction of sp³-hybridized carbons (Fsp3) is 0.227. The van der Waals surface area contributed by atoms with Crippen LogP contribution in [0.5, 0.6) is 0 Å². The Labute approximate surface area is 190 Å². The molecule has 3 rings (SSSR count). The Morgan fingerprint density at radius 2 is 1.93 bits per heavy atom. The van der Waals surface area contributed by atoms with Crippen molar-refractivity contribution in [3.63, 3.8) is 0 Å². The first kappa shape index (κ1) is 22.4. The van der Waals surface area contributed by atoms with Gasteiger partial charge in [-0.2, -0.15) is 0 Å². The second kappa shape index (κ2) is 10.2. The molecule has 0 aliphatic heterocycles. The van der Waals surface area contributed by atoms with Crippen molar-refractivity contribution < 1.29 is 4.79 Å². The summed E-state index contributed by atoms with van der Waals surface area (Å²) in [5, 5.41) is 13.4. The molecule has 0 bridgehead atoms. The van der Waals surface area contributed by atoms with Crippen LogP contribution in [0.15, 0.2) is 60.3 Å². The summed E-state index contributed by atoms with van der Waals surface area (Å²) in [6.45, 7) is 8.24. The zero-order valence-corrected chi connectivity index (χ0v) is 19.1. The first-order valence-corrected chi connectivity index (χ1v) is 11.1. The number of benzene rings is 2. The third kappa shape index (κ3) is 5.45. The summed E-state index contributed by atoms with van der Waals surface area (Å²) >= 11 is 13.6. The molecule has 2 aromatic carbocycles. The number of nitrogens with one attached hydrogen (secondary N) is 1. The van der Waals surface area contributed by atoms with Gasteiger partial charge in [0, 0.05) is 17.9 Å². The highest BCUT2D eigenvalue weighted by Gasteiger charge is 2.20. The third-order valence-electron chi connectivity index (χ3n) is 4.46. The molecule has 0 saturated heterocycles. The molecule has 30 heavy (non-hydrogen) atoms. The van der Waals surface area contributed by atoms with E-state index >= 15 is 0 Å². The first-order valence-electron chi connectivity index (χ1n) is 9.37. The standard InChI is InChI=1S/C22H22Cl2N4OS/c1-4-11-28-20(15(3)25-21(29)17-8-5-14(2)6-9-17)26-27-22(28)30-13-16-7-10-18(23)19(24)12-16/h4-10,12,15H,1,11,13H2,2-3H3,(H,25,29). The second-order valence-corrected chi connectivity index (χ2v) is 8.60. The van der Waals surface area contributed by atoms with Gasteiger partial charge in [-0.25, -0.2) is 0 Å². The lowest BCUT2D eigenvalue weighted by molar-refractivity contribution is 0.0937. The fourth-order valence-corrected chi connectivity index (χ4v) is 4.07. The Morgan fingerprint density at radius 3 is 2.60 bits per heavy atom. The molecule has 1 N–H and O–H groups in total. The molecule has 1 heterocycles. The lowest BCUT2D eigenvalue weighted by atomic mass is 10.1. The van der Waals surface area contributed by atoms with Crippen molar-refractivity contribution >= 4 is 40.9 Å². The summed E-state index contributed by atoms with van der Waals surface area (Å²) < 4.78 is 1.95. The number of hydrogen-bond donors (Lipinski definition) is 1. The molecule has 0 spiro atoms. The summed E-state index contributed by atoms with van der Waals surface area (Å²) in [5.41, 5.74) is 2.75. The number of nitrogens with zero attached hydrogens (tertiary/aromatic N) is 3. The van der Waals surface area contributed by atoms with Crippen LogP contribution >= 0.6 is 35.0 Å². The van der Waals surface area contributed by atoms with Crippen LogP contribution in [0.3, 0.4) is 0 Å². The summed E-state index contributed by atoms with van der Waals surface area (Å²) in [6, 6.07) is 12.7. The molecule has 0 aliphatic rings. The quantitative estimate of drug-likeness (QED) is 0.337. The van der Waals surface area contributed by atoms with Gasteiger partial charge in [-0.3, -0.25) is 4.79 Å². The first-order chi connectivity index (χ1) is 14.4. The average Bonchev–Trinajstić information content (AvgIpc) is 3.12. The Morgan fingerprint density at radius 1 is 1.20 bits per heavy atom. The Kier molecular flexibility index (Phi) is 7.58. The van der Waals surface area contributed by atoms with Crippen LogP contribution in [0.25, 0.3) is 0 Å². The summed E-state index contributed by atoms with van der Waals surface area (Å²) in [5.74, 6) is 1.18. The van der Waals surface area contributed by atoms with Crippen LogP contribution in [-0.2, 0) is 12.3 Å². The van der Waals surface area contributed by atoms with Crippen molar-refractivity contribution in [1.29, 1.82) is 0 Å². The molecule has 0 aliphatic carbocycles.